The quantitative estimate of drug-likeness (QED) is 0.677. The highest BCUT2D eigenvalue weighted by Gasteiger charge is 2.13. The third-order valence-corrected chi connectivity index (χ3v) is 4.63. The number of benzene rings is 1. The molecular weight excluding hydrogens is 322 g/mol. The fourth-order valence-electron chi connectivity index (χ4n) is 3.34. The Balaban J connectivity index is 1.61. The van der Waals surface area contributed by atoms with Crippen LogP contribution in [0.25, 0.3) is 11.1 Å². The lowest BCUT2D eigenvalue weighted by Gasteiger charge is -2.16. The molecule has 0 aliphatic heterocycles. The van der Waals surface area contributed by atoms with Gasteiger partial charge in [-0.3, -0.25) is 4.68 Å². The lowest BCUT2D eigenvalue weighted by molar-refractivity contribution is 0.474. The monoisotopic (exact) mass is 345 g/mol. The van der Waals surface area contributed by atoms with E-state index in [9.17, 15) is 0 Å². The average Bonchev–Trinajstić information content (AvgIpc) is 3.12. The van der Waals surface area contributed by atoms with Gasteiger partial charge >= 0.3 is 0 Å². The number of nitrogens with one attached hydrogen (secondary N) is 1. The summed E-state index contributed by atoms with van der Waals surface area (Å²) in [7, 11) is 0. The molecule has 0 radical (unpaired) electrons. The smallest absolute Gasteiger partial charge is 0.227 e. The molecule has 5 heteroatoms. The normalized spacial score (nSPS) is 16.6. The van der Waals surface area contributed by atoms with Crippen LogP contribution in [0.3, 0.4) is 0 Å². The van der Waals surface area contributed by atoms with Crippen molar-refractivity contribution in [1.82, 2.24) is 19.7 Å². The Bertz CT molecular complexity index is 941. The lowest BCUT2D eigenvalue weighted by atomic mass is 10.0. The first-order valence-electron chi connectivity index (χ1n) is 9.07. The van der Waals surface area contributed by atoms with Gasteiger partial charge in [-0.25, -0.2) is 9.97 Å². The van der Waals surface area contributed by atoms with Crippen molar-refractivity contribution in [2.75, 3.05) is 5.32 Å². The standard InChI is InChI=1S/C21H23N5/c1-15-10-17(12-19(11-15)25-21-22-9-8-16(2)24-21)18-13-23-26(14-18)20-6-4-3-5-7-20/h4,6,8-14,20H,3,5,7H2,1-2H3,(H,22,24,25). The largest absolute Gasteiger partial charge is 0.324 e. The summed E-state index contributed by atoms with van der Waals surface area (Å²) in [6.07, 6.45) is 13.9. The summed E-state index contributed by atoms with van der Waals surface area (Å²) < 4.78 is 2.07. The van der Waals surface area contributed by atoms with Crippen molar-refractivity contribution in [3.8, 4) is 11.1 Å². The number of hydrogen-bond donors (Lipinski definition) is 1. The molecule has 4 rings (SSSR count). The minimum absolute atomic E-state index is 0.376. The molecule has 132 valence electrons. The first-order chi connectivity index (χ1) is 12.7. The molecule has 3 aromatic rings. The number of rotatable bonds is 4. The lowest BCUT2D eigenvalue weighted by Crippen LogP contribution is -2.08. The van der Waals surface area contributed by atoms with Crippen molar-refractivity contribution < 1.29 is 0 Å². The molecule has 1 N–H and O–H groups in total. The Hall–Kier alpha value is -2.95. The van der Waals surface area contributed by atoms with Gasteiger partial charge in [-0.2, -0.15) is 5.10 Å². The van der Waals surface area contributed by atoms with Crippen LogP contribution in [0.5, 0.6) is 0 Å². The minimum atomic E-state index is 0.376. The van der Waals surface area contributed by atoms with Gasteiger partial charge in [0.1, 0.15) is 0 Å². The minimum Gasteiger partial charge on any atom is -0.324 e. The molecule has 0 saturated heterocycles. The van der Waals surface area contributed by atoms with Gasteiger partial charge in [0.2, 0.25) is 5.95 Å². The van der Waals surface area contributed by atoms with Gasteiger partial charge in [0.25, 0.3) is 0 Å². The molecule has 0 saturated carbocycles. The zero-order chi connectivity index (χ0) is 17.9. The maximum absolute atomic E-state index is 4.59. The Morgan fingerprint density at radius 2 is 2.08 bits per heavy atom. The topological polar surface area (TPSA) is 55.6 Å². The van der Waals surface area contributed by atoms with Crippen LogP contribution in [0, 0.1) is 13.8 Å². The third kappa shape index (κ3) is 3.67. The first-order valence-corrected chi connectivity index (χ1v) is 9.07. The van der Waals surface area contributed by atoms with Crippen molar-refractivity contribution in [2.24, 2.45) is 0 Å². The molecular formula is C21H23N5. The van der Waals surface area contributed by atoms with E-state index in [1.54, 1.807) is 6.20 Å². The highest BCUT2D eigenvalue weighted by atomic mass is 15.3. The maximum atomic E-state index is 4.59. The van der Waals surface area contributed by atoms with Crippen molar-refractivity contribution in [1.29, 1.82) is 0 Å². The van der Waals surface area contributed by atoms with Gasteiger partial charge in [0.05, 0.1) is 12.2 Å². The van der Waals surface area contributed by atoms with Crippen LogP contribution in [0.4, 0.5) is 11.6 Å². The molecule has 2 aromatic heterocycles. The zero-order valence-corrected chi connectivity index (χ0v) is 15.2. The summed E-state index contributed by atoms with van der Waals surface area (Å²) >= 11 is 0. The van der Waals surface area contributed by atoms with Crippen molar-refractivity contribution in [3.63, 3.8) is 0 Å². The third-order valence-electron chi connectivity index (χ3n) is 4.63. The molecule has 5 nitrogen and oxygen atoms in total. The van der Waals surface area contributed by atoms with Crippen molar-refractivity contribution in [3.05, 3.63) is 66.3 Å². The average molecular weight is 345 g/mol. The second-order valence-electron chi connectivity index (χ2n) is 6.87. The fourth-order valence-corrected chi connectivity index (χ4v) is 3.34. The van der Waals surface area contributed by atoms with Crippen LogP contribution >= 0.6 is 0 Å². The van der Waals surface area contributed by atoms with E-state index in [-0.39, 0.29) is 0 Å². The van der Waals surface area contributed by atoms with Crippen LogP contribution < -0.4 is 5.32 Å². The Morgan fingerprint density at radius 1 is 1.15 bits per heavy atom. The summed E-state index contributed by atoms with van der Waals surface area (Å²) in [5, 5.41) is 7.90. The van der Waals surface area contributed by atoms with E-state index in [0.717, 1.165) is 28.9 Å². The molecule has 1 aliphatic carbocycles. The molecule has 26 heavy (non-hydrogen) atoms. The number of aryl methyl sites for hydroxylation is 2. The van der Waals surface area contributed by atoms with E-state index >= 15 is 0 Å². The number of nitrogens with zero attached hydrogens (tertiary/aromatic N) is 4. The summed E-state index contributed by atoms with van der Waals surface area (Å²) in [5.41, 5.74) is 5.38. The van der Waals surface area contributed by atoms with Crippen LogP contribution in [0.1, 0.15) is 36.6 Å². The maximum Gasteiger partial charge on any atom is 0.227 e. The molecule has 0 fully saturated rings. The Morgan fingerprint density at radius 3 is 2.88 bits per heavy atom. The fraction of sp³-hybridized carbons (Fsp3) is 0.286. The second kappa shape index (κ2) is 7.12. The second-order valence-corrected chi connectivity index (χ2v) is 6.87. The van der Waals surface area contributed by atoms with Crippen LogP contribution in [-0.2, 0) is 0 Å². The van der Waals surface area contributed by atoms with Crippen LogP contribution in [0.15, 0.2) is 55.0 Å². The molecule has 1 aliphatic rings. The van der Waals surface area contributed by atoms with Gasteiger partial charge in [-0.15, -0.1) is 0 Å². The van der Waals surface area contributed by atoms with Crippen molar-refractivity contribution in [2.45, 2.75) is 39.2 Å². The predicted octanol–water partition coefficient (Wildman–Crippen LogP) is 4.98. The zero-order valence-electron chi connectivity index (χ0n) is 15.2. The summed E-state index contributed by atoms with van der Waals surface area (Å²) in [6, 6.07) is 8.67. The van der Waals surface area contributed by atoms with E-state index in [4.69, 9.17) is 0 Å². The molecule has 1 atom stereocenters. The predicted molar refractivity (Wildman–Crippen MR) is 104 cm³/mol. The Labute approximate surface area is 153 Å². The molecule has 2 heterocycles. The van der Waals surface area contributed by atoms with Crippen molar-refractivity contribution >= 4 is 11.6 Å². The van der Waals surface area contributed by atoms with Crippen LogP contribution in [0.2, 0.25) is 0 Å². The summed E-state index contributed by atoms with van der Waals surface area (Å²) in [5.74, 6) is 0.615. The number of aromatic nitrogens is 4. The highest BCUT2D eigenvalue weighted by molar-refractivity contribution is 5.70. The Kier molecular flexibility index (Phi) is 4.52. The van der Waals surface area contributed by atoms with Crippen LogP contribution in [-0.4, -0.2) is 19.7 Å². The molecule has 0 amide bonds. The summed E-state index contributed by atoms with van der Waals surface area (Å²) in [4.78, 5) is 8.71. The van der Waals surface area contributed by atoms with E-state index < -0.39 is 0 Å². The van der Waals surface area contributed by atoms with Gasteiger partial charge in [0, 0.05) is 29.3 Å². The molecule has 1 unspecified atom stereocenters. The summed E-state index contributed by atoms with van der Waals surface area (Å²) in [6.45, 7) is 4.06. The molecule has 0 bridgehead atoms. The highest BCUT2D eigenvalue weighted by Crippen LogP contribution is 2.28. The van der Waals surface area contributed by atoms with Gasteiger partial charge in [-0.05, 0) is 62.4 Å². The van der Waals surface area contributed by atoms with E-state index in [1.807, 2.05) is 19.2 Å². The first kappa shape index (κ1) is 16.5. The molecule has 0 spiro atoms. The van der Waals surface area contributed by atoms with E-state index in [1.165, 1.54) is 18.4 Å². The van der Waals surface area contributed by atoms with E-state index in [0.29, 0.717) is 12.0 Å². The molecule has 1 aromatic carbocycles. The van der Waals surface area contributed by atoms with Gasteiger partial charge in [-0.1, -0.05) is 18.2 Å². The number of anilines is 2. The SMILES string of the molecule is Cc1cc(Nc2nccc(C)n2)cc(-c2cnn(C3C=CCCC3)c2)c1. The number of allylic oxidation sites excluding steroid dienone is 2. The van der Waals surface area contributed by atoms with E-state index in [2.05, 4.69) is 68.5 Å². The van der Waals surface area contributed by atoms with Gasteiger partial charge in [0.15, 0.2) is 0 Å². The van der Waals surface area contributed by atoms with Gasteiger partial charge < -0.3 is 5.32 Å². The number of hydrogen-bond acceptors (Lipinski definition) is 4.